The highest BCUT2D eigenvalue weighted by molar-refractivity contribution is 7.14. The number of aryl methyl sites for hydroxylation is 2. The van der Waals surface area contributed by atoms with Gasteiger partial charge >= 0.3 is 0 Å². The SMILES string of the molecule is CCC(C#N)=C(Cl)c1cc2c(s1)CCCCC2. The second-order valence-corrected chi connectivity index (χ2v) is 5.89. The van der Waals surface area contributed by atoms with Crippen molar-refractivity contribution in [3.05, 3.63) is 27.0 Å². The Morgan fingerprint density at radius 3 is 2.88 bits per heavy atom. The molecule has 0 saturated carbocycles. The molecule has 0 saturated heterocycles. The van der Waals surface area contributed by atoms with Crippen LogP contribution >= 0.6 is 22.9 Å². The van der Waals surface area contributed by atoms with Gasteiger partial charge in [-0.3, -0.25) is 0 Å². The topological polar surface area (TPSA) is 23.8 Å². The average Bonchev–Trinajstić information content (AvgIpc) is 2.62. The van der Waals surface area contributed by atoms with Crippen LogP contribution in [0.25, 0.3) is 5.03 Å². The van der Waals surface area contributed by atoms with Gasteiger partial charge in [-0.1, -0.05) is 24.9 Å². The monoisotopic (exact) mass is 265 g/mol. The molecule has 1 aromatic heterocycles. The average molecular weight is 266 g/mol. The molecule has 17 heavy (non-hydrogen) atoms. The molecule has 1 heterocycles. The van der Waals surface area contributed by atoms with Crippen LogP contribution in [0.15, 0.2) is 11.6 Å². The molecule has 1 aromatic rings. The molecule has 0 bridgehead atoms. The van der Waals surface area contributed by atoms with Gasteiger partial charge in [0.2, 0.25) is 0 Å². The van der Waals surface area contributed by atoms with Gasteiger partial charge in [0.25, 0.3) is 0 Å². The zero-order chi connectivity index (χ0) is 12.3. The van der Waals surface area contributed by atoms with E-state index < -0.39 is 0 Å². The van der Waals surface area contributed by atoms with Crippen molar-refractivity contribution in [2.45, 2.75) is 45.4 Å². The molecule has 0 amide bonds. The molecule has 0 aliphatic heterocycles. The molecule has 0 unspecified atom stereocenters. The van der Waals surface area contributed by atoms with Gasteiger partial charge in [-0.05, 0) is 43.7 Å². The first-order valence-corrected chi connectivity index (χ1v) is 7.36. The Kier molecular flexibility index (Phi) is 4.25. The molecular weight excluding hydrogens is 250 g/mol. The quantitative estimate of drug-likeness (QED) is 0.551. The minimum atomic E-state index is 0.660. The lowest BCUT2D eigenvalue weighted by atomic mass is 10.1. The first kappa shape index (κ1) is 12.7. The Hall–Kier alpha value is -0.780. The van der Waals surface area contributed by atoms with Crippen molar-refractivity contribution in [1.29, 1.82) is 5.26 Å². The largest absolute Gasteiger partial charge is 0.193 e. The fraction of sp³-hybridized carbons (Fsp3) is 0.500. The van der Waals surface area contributed by atoms with E-state index in [4.69, 9.17) is 16.9 Å². The summed E-state index contributed by atoms with van der Waals surface area (Å²) in [7, 11) is 0. The summed E-state index contributed by atoms with van der Waals surface area (Å²) in [5, 5.41) is 9.68. The van der Waals surface area contributed by atoms with E-state index >= 15 is 0 Å². The maximum absolute atomic E-state index is 9.02. The van der Waals surface area contributed by atoms with Crippen LogP contribution in [0.3, 0.4) is 0 Å². The van der Waals surface area contributed by atoms with Crippen molar-refractivity contribution in [2.75, 3.05) is 0 Å². The summed E-state index contributed by atoms with van der Waals surface area (Å²) in [6.45, 7) is 1.97. The number of hydrogen-bond acceptors (Lipinski definition) is 2. The van der Waals surface area contributed by atoms with Crippen LogP contribution in [-0.2, 0) is 12.8 Å². The molecule has 1 nitrogen and oxygen atoms in total. The van der Waals surface area contributed by atoms with Gasteiger partial charge in [-0.25, -0.2) is 0 Å². The number of halogens is 1. The molecule has 0 atom stereocenters. The molecule has 0 fully saturated rings. The Morgan fingerprint density at radius 1 is 1.41 bits per heavy atom. The van der Waals surface area contributed by atoms with Crippen molar-refractivity contribution in [3.8, 4) is 6.07 Å². The van der Waals surface area contributed by atoms with Crippen molar-refractivity contribution in [2.24, 2.45) is 0 Å². The second-order valence-electron chi connectivity index (χ2n) is 4.38. The fourth-order valence-corrected chi connectivity index (χ4v) is 3.77. The van der Waals surface area contributed by atoms with Crippen LogP contribution in [-0.4, -0.2) is 0 Å². The molecule has 2 rings (SSSR count). The van der Waals surface area contributed by atoms with E-state index in [2.05, 4.69) is 12.1 Å². The van der Waals surface area contributed by atoms with Gasteiger partial charge in [0.1, 0.15) is 0 Å². The van der Waals surface area contributed by atoms with Gasteiger partial charge in [0, 0.05) is 15.3 Å². The van der Waals surface area contributed by atoms with Gasteiger partial charge in [0.15, 0.2) is 0 Å². The summed E-state index contributed by atoms with van der Waals surface area (Å²) >= 11 is 8.08. The van der Waals surface area contributed by atoms with E-state index in [0.29, 0.717) is 17.0 Å². The molecule has 0 N–H and O–H groups in total. The number of thiophene rings is 1. The van der Waals surface area contributed by atoms with Crippen LogP contribution in [0, 0.1) is 11.3 Å². The summed E-state index contributed by atoms with van der Waals surface area (Å²) in [6, 6.07) is 4.39. The third kappa shape index (κ3) is 2.73. The van der Waals surface area contributed by atoms with Crippen molar-refractivity contribution in [1.82, 2.24) is 0 Å². The summed E-state index contributed by atoms with van der Waals surface area (Å²) in [5.74, 6) is 0. The predicted octanol–water partition coefficient (Wildman–Crippen LogP) is 4.90. The van der Waals surface area contributed by atoms with Crippen molar-refractivity contribution >= 4 is 28.0 Å². The molecular formula is C14H16ClNS. The highest BCUT2D eigenvalue weighted by Gasteiger charge is 2.15. The molecule has 0 aromatic carbocycles. The van der Waals surface area contributed by atoms with E-state index in [1.165, 1.54) is 42.5 Å². The molecule has 1 aliphatic rings. The van der Waals surface area contributed by atoms with E-state index in [-0.39, 0.29) is 0 Å². The van der Waals surface area contributed by atoms with Crippen LogP contribution in [0.4, 0.5) is 0 Å². The summed E-state index contributed by atoms with van der Waals surface area (Å²) < 4.78 is 0. The number of hydrogen-bond donors (Lipinski definition) is 0. The van der Waals surface area contributed by atoms with Gasteiger partial charge in [-0.2, -0.15) is 5.26 Å². The van der Waals surface area contributed by atoms with Gasteiger partial charge < -0.3 is 0 Å². The van der Waals surface area contributed by atoms with E-state index in [1.54, 1.807) is 11.3 Å². The maximum Gasteiger partial charge on any atom is 0.0963 e. The Labute approximate surface area is 112 Å². The number of nitrogens with zero attached hydrogens (tertiary/aromatic N) is 1. The smallest absolute Gasteiger partial charge is 0.0963 e. The van der Waals surface area contributed by atoms with Gasteiger partial charge in [0.05, 0.1) is 11.1 Å². The minimum absolute atomic E-state index is 0.660. The highest BCUT2D eigenvalue weighted by Crippen LogP contribution is 2.36. The second kappa shape index (κ2) is 5.71. The van der Waals surface area contributed by atoms with Crippen molar-refractivity contribution in [3.63, 3.8) is 0 Å². The number of fused-ring (bicyclic) bond motifs is 1. The molecule has 90 valence electrons. The zero-order valence-electron chi connectivity index (χ0n) is 10.1. The molecule has 0 radical (unpaired) electrons. The van der Waals surface area contributed by atoms with E-state index in [0.717, 1.165) is 4.88 Å². The highest BCUT2D eigenvalue weighted by atomic mass is 35.5. The zero-order valence-corrected chi connectivity index (χ0v) is 11.6. The summed E-state index contributed by atoms with van der Waals surface area (Å²) in [4.78, 5) is 2.56. The maximum atomic E-state index is 9.02. The fourth-order valence-electron chi connectivity index (χ4n) is 2.21. The molecule has 3 heteroatoms. The van der Waals surface area contributed by atoms with E-state index in [9.17, 15) is 0 Å². The Morgan fingerprint density at radius 2 is 2.18 bits per heavy atom. The van der Waals surface area contributed by atoms with Crippen LogP contribution in [0.1, 0.15) is 47.9 Å². The molecule has 0 spiro atoms. The van der Waals surface area contributed by atoms with Crippen LogP contribution in [0.2, 0.25) is 0 Å². The first-order valence-electron chi connectivity index (χ1n) is 6.17. The summed E-state index contributed by atoms with van der Waals surface area (Å²) in [5.41, 5.74) is 2.15. The first-order chi connectivity index (χ1) is 8.26. The third-order valence-electron chi connectivity index (χ3n) is 3.22. The Bertz CT molecular complexity index is 455. The standard InChI is InChI=1S/C14H16ClNS/c1-2-10(9-16)14(15)13-8-11-6-4-3-5-7-12(11)17-13/h8H,2-7H2,1H3. The van der Waals surface area contributed by atoms with Crippen LogP contribution < -0.4 is 0 Å². The third-order valence-corrected chi connectivity index (χ3v) is 5.01. The number of nitriles is 1. The minimum Gasteiger partial charge on any atom is -0.193 e. The lowest BCUT2D eigenvalue weighted by Gasteiger charge is -1.98. The molecule has 1 aliphatic carbocycles. The number of allylic oxidation sites excluding steroid dienone is 1. The van der Waals surface area contributed by atoms with E-state index in [1.807, 2.05) is 6.92 Å². The van der Waals surface area contributed by atoms with Crippen LogP contribution in [0.5, 0.6) is 0 Å². The lowest BCUT2D eigenvalue weighted by molar-refractivity contribution is 0.712. The normalized spacial score (nSPS) is 16.8. The predicted molar refractivity (Wildman–Crippen MR) is 74.3 cm³/mol. The lowest BCUT2D eigenvalue weighted by Crippen LogP contribution is -1.82. The van der Waals surface area contributed by atoms with Gasteiger partial charge in [-0.15, -0.1) is 11.3 Å². The van der Waals surface area contributed by atoms with Crippen molar-refractivity contribution < 1.29 is 0 Å². The Balaban J connectivity index is 2.36. The number of rotatable bonds is 2. The summed E-state index contributed by atoms with van der Waals surface area (Å²) in [6.07, 6.45) is 6.95.